The van der Waals surface area contributed by atoms with E-state index in [2.05, 4.69) is 25.2 Å². The van der Waals surface area contributed by atoms with Crippen LogP contribution in [0.25, 0.3) is 0 Å². The highest BCUT2D eigenvalue weighted by molar-refractivity contribution is 4.51. The lowest BCUT2D eigenvalue weighted by atomic mass is 10.1. The van der Waals surface area contributed by atoms with Crippen molar-refractivity contribution in [3.8, 4) is 0 Å². The van der Waals surface area contributed by atoms with Gasteiger partial charge in [0.15, 0.2) is 0 Å². The van der Waals surface area contributed by atoms with Crippen LogP contribution < -0.4 is 0 Å². The van der Waals surface area contributed by atoms with Gasteiger partial charge in [-0.3, -0.25) is 0 Å². The van der Waals surface area contributed by atoms with Gasteiger partial charge < -0.3 is 9.84 Å². The number of hydrogen-bond donors (Lipinski definition) is 1. The molecule has 94 valence electrons. The molecule has 0 aromatic carbocycles. The van der Waals surface area contributed by atoms with Crippen molar-refractivity contribution in [3.05, 3.63) is 12.7 Å². The lowest BCUT2D eigenvalue weighted by Crippen LogP contribution is -1.88. The zero-order valence-electron chi connectivity index (χ0n) is 11.3. The first-order chi connectivity index (χ1) is 7.10. The molecule has 0 saturated heterocycles. The molecular weight excluding hydrogens is 188 g/mol. The van der Waals surface area contributed by atoms with E-state index in [-0.39, 0.29) is 0 Å². The monoisotopic (exact) mass is 218 g/mol. The van der Waals surface area contributed by atoms with Crippen molar-refractivity contribution >= 4 is 0 Å². The Labute approximate surface area is 96.3 Å². The quantitative estimate of drug-likeness (QED) is 0.564. The molecule has 0 spiro atoms. The van der Waals surface area contributed by atoms with Crippen LogP contribution in [0.5, 0.6) is 0 Å². The molecule has 0 bridgehead atoms. The molecule has 15 heavy (non-hydrogen) atoms. The lowest BCUT2D eigenvalue weighted by Gasteiger charge is -2.01. The Kier molecular flexibility index (Phi) is 31.5. The SMILES string of the molecule is C=CC.CC(C)CCCCCO.COC. The Bertz CT molecular complexity index is 90.5. The summed E-state index contributed by atoms with van der Waals surface area (Å²) >= 11 is 0. The average Bonchev–Trinajstić information content (AvgIpc) is 2.15. The molecular formula is C13H30O2. The van der Waals surface area contributed by atoms with E-state index in [0.29, 0.717) is 6.61 Å². The second-order valence-electron chi connectivity index (χ2n) is 3.78. The first-order valence-corrected chi connectivity index (χ1v) is 5.68. The summed E-state index contributed by atoms with van der Waals surface area (Å²) in [5, 5.41) is 8.43. The molecule has 1 N–H and O–H groups in total. The standard InChI is InChI=1S/C8H18O.C3H6.C2H6O/c1-8(2)6-4-3-5-7-9;2*1-3-2/h8-9H,3-7H2,1-2H3;3H,1H2,2H3;1-2H3. The predicted octanol–water partition coefficient (Wildman–Crippen LogP) is 3.65. The first-order valence-electron chi connectivity index (χ1n) is 5.68. The number of hydrogen-bond acceptors (Lipinski definition) is 2. The molecule has 0 aliphatic rings. The van der Waals surface area contributed by atoms with Gasteiger partial charge in [-0.05, 0) is 19.3 Å². The molecule has 2 nitrogen and oxygen atoms in total. The summed E-state index contributed by atoms with van der Waals surface area (Å²) < 4.78 is 4.25. The van der Waals surface area contributed by atoms with Crippen molar-refractivity contribution in [2.24, 2.45) is 5.92 Å². The van der Waals surface area contributed by atoms with Crippen molar-refractivity contribution in [3.63, 3.8) is 0 Å². The Balaban J connectivity index is -0.000000200. The maximum Gasteiger partial charge on any atom is 0.0431 e. The lowest BCUT2D eigenvalue weighted by molar-refractivity contribution is 0.277. The molecule has 0 aliphatic carbocycles. The fraction of sp³-hybridized carbons (Fsp3) is 0.846. The van der Waals surface area contributed by atoms with Crippen molar-refractivity contribution in [2.45, 2.75) is 46.5 Å². The summed E-state index contributed by atoms with van der Waals surface area (Å²) in [4.78, 5) is 0. The molecule has 2 heteroatoms. The maximum atomic E-state index is 8.43. The number of allylic oxidation sites excluding steroid dienone is 1. The van der Waals surface area contributed by atoms with E-state index in [4.69, 9.17) is 5.11 Å². The highest BCUT2D eigenvalue weighted by Crippen LogP contribution is 2.06. The minimum Gasteiger partial charge on any atom is -0.396 e. The number of aliphatic hydroxyl groups excluding tert-OH is 1. The van der Waals surface area contributed by atoms with Gasteiger partial charge in [0.05, 0.1) is 0 Å². The zero-order valence-corrected chi connectivity index (χ0v) is 11.3. The first kappa shape index (κ1) is 20.1. The smallest absolute Gasteiger partial charge is 0.0431 e. The summed E-state index contributed by atoms with van der Waals surface area (Å²) in [6, 6.07) is 0. The number of unbranched alkanes of at least 4 members (excludes halogenated alkanes) is 2. The van der Waals surface area contributed by atoms with Gasteiger partial charge in [-0.25, -0.2) is 0 Å². The van der Waals surface area contributed by atoms with Crippen LogP contribution in [-0.4, -0.2) is 25.9 Å². The Hall–Kier alpha value is -0.340. The molecule has 0 amide bonds. The zero-order chi connectivity index (χ0) is 12.5. The van der Waals surface area contributed by atoms with Crippen LogP contribution in [0.1, 0.15) is 46.5 Å². The Morgan fingerprint density at radius 3 is 1.87 bits per heavy atom. The number of rotatable bonds is 5. The normalized spacial score (nSPS) is 8.47. The third kappa shape index (κ3) is 58.0. The van der Waals surface area contributed by atoms with Crippen molar-refractivity contribution in [1.82, 2.24) is 0 Å². The third-order valence-electron chi connectivity index (χ3n) is 1.44. The molecule has 0 unspecified atom stereocenters. The van der Waals surface area contributed by atoms with Crippen LogP contribution in [0, 0.1) is 5.92 Å². The summed E-state index contributed by atoms with van der Waals surface area (Å²) in [6.45, 7) is 10.1. The summed E-state index contributed by atoms with van der Waals surface area (Å²) in [5.74, 6) is 0.823. The molecule has 0 rings (SSSR count). The van der Waals surface area contributed by atoms with Gasteiger partial charge >= 0.3 is 0 Å². The number of aliphatic hydroxyl groups is 1. The van der Waals surface area contributed by atoms with E-state index >= 15 is 0 Å². The van der Waals surface area contributed by atoms with E-state index in [1.807, 2.05) is 6.92 Å². The minimum atomic E-state index is 0.359. The van der Waals surface area contributed by atoms with Crippen LogP contribution in [0.2, 0.25) is 0 Å². The van der Waals surface area contributed by atoms with E-state index in [1.54, 1.807) is 20.3 Å². The van der Waals surface area contributed by atoms with E-state index in [1.165, 1.54) is 19.3 Å². The number of methoxy groups -OCH3 is 1. The fourth-order valence-corrected chi connectivity index (χ4v) is 0.841. The van der Waals surface area contributed by atoms with Gasteiger partial charge in [0.2, 0.25) is 0 Å². The number of ether oxygens (including phenoxy) is 1. The topological polar surface area (TPSA) is 29.5 Å². The molecule has 0 atom stereocenters. The van der Waals surface area contributed by atoms with Gasteiger partial charge in [-0.2, -0.15) is 0 Å². The van der Waals surface area contributed by atoms with Crippen molar-refractivity contribution < 1.29 is 9.84 Å². The van der Waals surface area contributed by atoms with Gasteiger partial charge in [0, 0.05) is 20.8 Å². The Morgan fingerprint density at radius 1 is 1.20 bits per heavy atom. The highest BCUT2D eigenvalue weighted by atomic mass is 16.4. The van der Waals surface area contributed by atoms with E-state index in [9.17, 15) is 0 Å². The maximum absolute atomic E-state index is 8.43. The van der Waals surface area contributed by atoms with E-state index in [0.717, 1.165) is 12.3 Å². The summed E-state index contributed by atoms with van der Waals surface area (Å²) in [6.07, 6.45) is 6.50. The minimum absolute atomic E-state index is 0.359. The molecule has 0 aromatic rings. The van der Waals surface area contributed by atoms with Crippen molar-refractivity contribution in [1.29, 1.82) is 0 Å². The highest BCUT2D eigenvalue weighted by Gasteiger charge is 1.92. The van der Waals surface area contributed by atoms with Gasteiger partial charge in [0.1, 0.15) is 0 Å². The predicted molar refractivity (Wildman–Crippen MR) is 69.2 cm³/mol. The second-order valence-corrected chi connectivity index (χ2v) is 3.78. The third-order valence-corrected chi connectivity index (χ3v) is 1.44. The molecule has 0 saturated carbocycles. The molecule has 0 radical (unpaired) electrons. The van der Waals surface area contributed by atoms with Gasteiger partial charge in [-0.15, -0.1) is 6.58 Å². The molecule has 0 aliphatic heterocycles. The van der Waals surface area contributed by atoms with Crippen LogP contribution in [0.4, 0.5) is 0 Å². The largest absolute Gasteiger partial charge is 0.396 e. The van der Waals surface area contributed by atoms with Crippen molar-refractivity contribution in [2.75, 3.05) is 20.8 Å². The van der Waals surface area contributed by atoms with Crippen LogP contribution >= 0.6 is 0 Å². The molecule has 0 fully saturated rings. The fourth-order valence-electron chi connectivity index (χ4n) is 0.841. The summed E-state index contributed by atoms with van der Waals surface area (Å²) in [5.41, 5.74) is 0. The molecule has 0 heterocycles. The van der Waals surface area contributed by atoms with Gasteiger partial charge in [0.25, 0.3) is 0 Å². The molecule has 0 aromatic heterocycles. The van der Waals surface area contributed by atoms with Gasteiger partial charge in [-0.1, -0.05) is 39.2 Å². The average molecular weight is 218 g/mol. The van der Waals surface area contributed by atoms with Crippen LogP contribution in [-0.2, 0) is 4.74 Å². The Morgan fingerprint density at radius 2 is 1.60 bits per heavy atom. The van der Waals surface area contributed by atoms with Crippen LogP contribution in [0.15, 0.2) is 12.7 Å². The van der Waals surface area contributed by atoms with Crippen LogP contribution in [0.3, 0.4) is 0 Å². The summed E-state index contributed by atoms with van der Waals surface area (Å²) in [7, 11) is 3.25. The van der Waals surface area contributed by atoms with E-state index < -0.39 is 0 Å². The second kappa shape index (κ2) is 23.5.